The Labute approximate surface area is 105 Å². The monoisotopic (exact) mass is 252 g/mol. The van der Waals surface area contributed by atoms with Crippen molar-refractivity contribution >= 4 is 29.0 Å². The van der Waals surface area contributed by atoms with Crippen molar-refractivity contribution in [2.24, 2.45) is 0 Å². The Morgan fingerprint density at radius 2 is 2.24 bits per heavy atom. The summed E-state index contributed by atoms with van der Waals surface area (Å²) in [5, 5.41) is 8.77. The van der Waals surface area contributed by atoms with Crippen LogP contribution in [-0.4, -0.2) is 29.9 Å². The van der Waals surface area contributed by atoms with E-state index in [1.807, 2.05) is 18.2 Å². The second kappa shape index (κ2) is 5.42. The number of carbonyl (C=O) groups is 1. The molecule has 0 unspecified atom stereocenters. The molecule has 3 N–H and O–H groups in total. The standard InChI is InChI=1S/C12H16N2O2S/c13-9-3-4-11-10(7-9)14(5-1-2-6-15)12(16)8-17-11/h3-4,7,15H,1-2,5-6,8,13H2. The van der Waals surface area contributed by atoms with Crippen molar-refractivity contribution in [3.05, 3.63) is 18.2 Å². The van der Waals surface area contributed by atoms with Gasteiger partial charge in [0.1, 0.15) is 0 Å². The summed E-state index contributed by atoms with van der Waals surface area (Å²) >= 11 is 1.55. The van der Waals surface area contributed by atoms with E-state index in [0.717, 1.165) is 17.0 Å². The Morgan fingerprint density at radius 1 is 1.41 bits per heavy atom. The lowest BCUT2D eigenvalue weighted by Gasteiger charge is -2.29. The number of carbonyl (C=O) groups excluding carboxylic acids is 1. The fourth-order valence-corrected chi connectivity index (χ4v) is 2.76. The van der Waals surface area contributed by atoms with Crippen molar-refractivity contribution in [3.63, 3.8) is 0 Å². The van der Waals surface area contributed by atoms with Gasteiger partial charge in [-0.1, -0.05) is 0 Å². The first kappa shape index (κ1) is 12.3. The van der Waals surface area contributed by atoms with Crippen molar-refractivity contribution in [3.8, 4) is 0 Å². The van der Waals surface area contributed by atoms with Gasteiger partial charge in [-0.3, -0.25) is 4.79 Å². The molecule has 5 heteroatoms. The van der Waals surface area contributed by atoms with Crippen LogP contribution in [0.3, 0.4) is 0 Å². The van der Waals surface area contributed by atoms with E-state index >= 15 is 0 Å². The lowest BCUT2D eigenvalue weighted by Crippen LogP contribution is -2.36. The summed E-state index contributed by atoms with van der Waals surface area (Å²) in [6, 6.07) is 5.66. The number of thioether (sulfide) groups is 1. The van der Waals surface area contributed by atoms with Gasteiger partial charge in [-0.15, -0.1) is 11.8 Å². The quantitative estimate of drug-likeness (QED) is 0.629. The molecule has 0 fully saturated rings. The minimum atomic E-state index is 0.117. The van der Waals surface area contributed by atoms with Crippen molar-refractivity contribution in [1.82, 2.24) is 0 Å². The third kappa shape index (κ3) is 2.73. The van der Waals surface area contributed by atoms with Crippen LogP contribution in [-0.2, 0) is 4.79 Å². The zero-order valence-electron chi connectivity index (χ0n) is 9.56. The van der Waals surface area contributed by atoms with E-state index in [2.05, 4.69) is 0 Å². The number of benzene rings is 1. The summed E-state index contributed by atoms with van der Waals surface area (Å²) in [4.78, 5) is 14.7. The first-order chi connectivity index (χ1) is 8.22. The maximum atomic E-state index is 11.9. The molecule has 0 saturated heterocycles. The van der Waals surface area contributed by atoms with Crippen molar-refractivity contribution in [2.75, 3.05) is 29.5 Å². The number of fused-ring (bicyclic) bond motifs is 1. The van der Waals surface area contributed by atoms with E-state index in [9.17, 15) is 4.79 Å². The molecule has 92 valence electrons. The Balaban J connectivity index is 2.20. The summed E-state index contributed by atoms with van der Waals surface area (Å²) in [6.45, 7) is 0.816. The average Bonchev–Trinajstić information content (AvgIpc) is 2.32. The van der Waals surface area contributed by atoms with Gasteiger partial charge in [0.25, 0.3) is 0 Å². The van der Waals surface area contributed by atoms with Crippen LogP contribution in [0.2, 0.25) is 0 Å². The number of aliphatic hydroxyl groups excluding tert-OH is 1. The fraction of sp³-hybridized carbons (Fsp3) is 0.417. The number of unbranched alkanes of at least 4 members (excludes halogenated alkanes) is 1. The molecule has 0 aromatic heterocycles. The van der Waals surface area contributed by atoms with E-state index in [1.165, 1.54) is 0 Å². The topological polar surface area (TPSA) is 66.6 Å². The van der Waals surface area contributed by atoms with Crippen LogP contribution < -0.4 is 10.6 Å². The summed E-state index contributed by atoms with van der Waals surface area (Å²) in [5.41, 5.74) is 7.34. The summed E-state index contributed by atoms with van der Waals surface area (Å²) in [6.07, 6.45) is 1.52. The molecule has 1 amide bonds. The van der Waals surface area contributed by atoms with Crippen LogP contribution in [0.1, 0.15) is 12.8 Å². The summed E-state index contributed by atoms with van der Waals surface area (Å²) in [5.74, 6) is 0.599. The lowest BCUT2D eigenvalue weighted by atomic mass is 10.2. The minimum Gasteiger partial charge on any atom is -0.399 e. The number of aliphatic hydroxyl groups is 1. The molecule has 1 aliphatic heterocycles. The zero-order chi connectivity index (χ0) is 12.3. The van der Waals surface area contributed by atoms with E-state index < -0.39 is 0 Å². The highest BCUT2D eigenvalue weighted by atomic mass is 32.2. The SMILES string of the molecule is Nc1ccc2c(c1)N(CCCCO)C(=O)CS2. The first-order valence-corrected chi connectivity index (χ1v) is 6.64. The minimum absolute atomic E-state index is 0.117. The van der Waals surface area contributed by atoms with E-state index in [0.29, 0.717) is 24.4 Å². The lowest BCUT2D eigenvalue weighted by molar-refractivity contribution is -0.116. The van der Waals surface area contributed by atoms with Gasteiger partial charge in [-0.25, -0.2) is 0 Å². The highest BCUT2D eigenvalue weighted by Gasteiger charge is 2.24. The third-order valence-electron chi connectivity index (χ3n) is 2.72. The smallest absolute Gasteiger partial charge is 0.237 e. The molecule has 0 bridgehead atoms. The average molecular weight is 252 g/mol. The van der Waals surface area contributed by atoms with Crippen LogP contribution in [0.5, 0.6) is 0 Å². The molecule has 1 aliphatic rings. The highest BCUT2D eigenvalue weighted by Crippen LogP contribution is 2.36. The molecule has 4 nitrogen and oxygen atoms in total. The maximum absolute atomic E-state index is 11.9. The molecule has 17 heavy (non-hydrogen) atoms. The molecule has 2 rings (SSSR count). The van der Waals surface area contributed by atoms with Gasteiger partial charge < -0.3 is 15.7 Å². The maximum Gasteiger partial charge on any atom is 0.237 e. The van der Waals surface area contributed by atoms with E-state index in [1.54, 1.807) is 16.7 Å². The van der Waals surface area contributed by atoms with E-state index in [4.69, 9.17) is 10.8 Å². The Hall–Kier alpha value is -1.20. The van der Waals surface area contributed by atoms with Gasteiger partial charge in [0.15, 0.2) is 0 Å². The predicted octanol–water partition coefficient (Wildman–Crippen LogP) is 1.48. The Kier molecular flexibility index (Phi) is 3.91. The molecule has 1 aromatic carbocycles. The van der Waals surface area contributed by atoms with Gasteiger partial charge >= 0.3 is 0 Å². The van der Waals surface area contributed by atoms with E-state index in [-0.39, 0.29) is 12.5 Å². The van der Waals surface area contributed by atoms with Gasteiger partial charge in [-0.2, -0.15) is 0 Å². The molecule has 1 aromatic rings. The normalized spacial score (nSPS) is 14.9. The van der Waals surface area contributed by atoms with Gasteiger partial charge in [0.2, 0.25) is 5.91 Å². The van der Waals surface area contributed by atoms with Gasteiger partial charge in [0, 0.05) is 23.7 Å². The zero-order valence-corrected chi connectivity index (χ0v) is 10.4. The van der Waals surface area contributed by atoms with Crippen LogP contribution >= 0.6 is 11.8 Å². The van der Waals surface area contributed by atoms with Crippen LogP contribution in [0.25, 0.3) is 0 Å². The molecular formula is C12H16N2O2S. The van der Waals surface area contributed by atoms with Crippen LogP contribution in [0, 0.1) is 0 Å². The Morgan fingerprint density at radius 3 is 3.00 bits per heavy atom. The number of hydrogen-bond acceptors (Lipinski definition) is 4. The molecular weight excluding hydrogens is 236 g/mol. The summed E-state index contributed by atoms with van der Waals surface area (Å²) in [7, 11) is 0. The van der Waals surface area contributed by atoms with Gasteiger partial charge in [-0.05, 0) is 31.0 Å². The number of rotatable bonds is 4. The first-order valence-electron chi connectivity index (χ1n) is 5.66. The number of nitrogens with zero attached hydrogens (tertiary/aromatic N) is 1. The van der Waals surface area contributed by atoms with Crippen molar-refractivity contribution in [2.45, 2.75) is 17.7 Å². The number of hydrogen-bond donors (Lipinski definition) is 2. The third-order valence-corrected chi connectivity index (χ3v) is 3.76. The number of amides is 1. The van der Waals surface area contributed by atoms with Crippen LogP contribution in [0.4, 0.5) is 11.4 Å². The van der Waals surface area contributed by atoms with Crippen molar-refractivity contribution in [1.29, 1.82) is 0 Å². The predicted molar refractivity (Wildman–Crippen MR) is 70.3 cm³/mol. The van der Waals surface area contributed by atoms with Crippen LogP contribution in [0.15, 0.2) is 23.1 Å². The Bertz CT molecular complexity index is 423. The largest absolute Gasteiger partial charge is 0.399 e. The van der Waals surface area contributed by atoms with Crippen molar-refractivity contribution < 1.29 is 9.90 Å². The number of nitrogens with two attached hydrogens (primary N) is 1. The second-order valence-electron chi connectivity index (χ2n) is 3.99. The van der Waals surface area contributed by atoms with Gasteiger partial charge in [0.05, 0.1) is 11.4 Å². The highest BCUT2D eigenvalue weighted by molar-refractivity contribution is 8.00. The number of nitrogen functional groups attached to an aromatic ring is 1. The number of anilines is 2. The molecule has 0 spiro atoms. The molecule has 0 aliphatic carbocycles. The molecule has 0 radical (unpaired) electrons. The summed E-state index contributed by atoms with van der Waals surface area (Å²) < 4.78 is 0. The molecule has 0 saturated carbocycles. The fourth-order valence-electron chi connectivity index (χ4n) is 1.85. The second-order valence-corrected chi connectivity index (χ2v) is 5.01. The molecule has 1 heterocycles. The molecule has 0 atom stereocenters.